The van der Waals surface area contributed by atoms with E-state index in [4.69, 9.17) is 9.47 Å². The van der Waals surface area contributed by atoms with Crippen molar-refractivity contribution in [3.8, 4) is 16.9 Å². The molecule has 0 aliphatic heterocycles. The molecule has 0 fully saturated rings. The van der Waals surface area contributed by atoms with Crippen LogP contribution in [0.15, 0.2) is 72.8 Å². The first-order valence-corrected chi connectivity index (χ1v) is 15.2. The minimum atomic E-state index is -0.300. The Morgan fingerprint density at radius 3 is 1.87 bits per heavy atom. The molecule has 0 heterocycles. The number of unbranched alkanes of at least 4 members (excludes halogenated alkanes) is 7. The molecule has 0 bridgehead atoms. The van der Waals surface area contributed by atoms with Crippen molar-refractivity contribution in [3.63, 3.8) is 0 Å². The summed E-state index contributed by atoms with van der Waals surface area (Å²) in [5, 5.41) is 0. The predicted molar refractivity (Wildman–Crippen MR) is 163 cm³/mol. The number of esters is 1. The highest BCUT2D eigenvalue weighted by molar-refractivity contribution is 5.90. The van der Waals surface area contributed by atoms with Gasteiger partial charge in [0.15, 0.2) is 0 Å². The number of benzene rings is 3. The van der Waals surface area contributed by atoms with Crippen LogP contribution in [0.3, 0.4) is 0 Å². The summed E-state index contributed by atoms with van der Waals surface area (Å²) < 4.78 is 11.8. The van der Waals surface area contributed by atoms with Crippen molar-refractivity contribution in [2.24, 2.45) is 0 Å². The first-order chi connectivity index (χ1) is 19.0. The van der Waals surface area contributed by atoms with E-state index in [1.807, 2.05) is 43.3 Å². The Kier molecular flexibility index (Phi) is 13.1. The fourth-order valence-corrected chi connectivity index (χ4v) is 4.86. The second-order valence-electron chi connectivity index (χ2n) is 10.8. The van der Waals surface area contributed by atoms with Gasteiger partial charge in [-0.05, 0) is 86.1 Å². The molecule has 0 aliphatic carbocycles. The lowest BCUT2D eigenvalue weighted by molar-refractivity contribution is 0.0338. The summed E-state index contributed by atoms with van der Waals surface area (Å²) >= 11 is 0. The number of rotatable bonds is 17. The van der Waals surface area contributed by atoms with Crippen molar-refractivity contribution in [2.75, 3.05) is 0 Å². The number of aryl methyl sites for hydroxylation is 1. The van der Waals surface area contributed by atoms with Gasteiger partial charge in [0.2, 0.25) is 0 Å². The lowest BCUT2D eigenvalue weighted by Gasteiger charge is -2.15. The van der Waals surface area contributed by atoms with Gasteiger partial charge in [-0.1, -0.05) is 107 Å². The predicted octanol–water partition coefficient (Wildman–Crippen LogP) is 10.5. The zero-order valence-electron chi connectivity index (χ0n) is 24.6. The smallest absolute Gasteiger partial charge is 0.338 e. The summed E-state index contributed by atoms with van der Waals surface area (Å²) in [5.74, 6) is 0.596. The standard InChI is InChI=1S/C36H48O3/c1-5-7-9-10-11-13-15-30-16-18-31(19-17-30)29(4)39-36(37)34-22-20-32(21-23-34)33-24-26-35(27-25-33)38-28(3)14-12-8-6-2/h16-29H,5-15H2,1-4H3/t28-,29+/m0/s1. The Hall–Kier alpha value is -3.07. The van der Waals surface area contributed by atoms with Gasteiger partial charge >= 0.3 is 5.97 Å². The van der Waals surface area contributed by atoms with E-state index in [-0.39, 0.29) is 18.2 Å². The highest BCUT2D eigenvalue weighted by atomic mass is 16.5. The van der Waals surface area contributed by atoms with Crippen molar-refractivity contribution < 1.29 is 14.3 Å². The zero-order chi connectivity index (χ0) is 27.9. The summed E-state index contributed by atoms with van der Waals surface area (Å²) in [6, 6.07) is 24.3. The second-order valence-corrected chi connectivity index (χ2v) is 10.8. The Morgan fingerprint density at radius 1 is 0.667 bits per heavy atom. The third-order valence-electron chi connectivity index (χ3n) is 7.41. The van der Waals surface area contributed by atoms with E-state index in [1.165, 1.54) is 63.4 Å². The average Bonchev–Trinajstić information content (AvgIpc) is 2.96. The molecule has 0 unspecified atom stereocenters. The van der Waals surface area contributed by atoms with Crippen LogP contribution in [-0.2, 0) is 11.2 Å². The lowest BCUT2D eigenvalue weighted by atomic mass is 10.0. The SMILES string of the molecule is CCCCCCCCc1ccc([C@@H](C)OC(=O)c2ccc(-c3ccc(O[C@@H](C)CCCCC)cc3)cc2)cc1. The molecule has 0 radical (unpaired) electrons. The summed E-state index contributed by atoms with van der Waals surface area (Å²) in [4.78, 5) is 12.8. The van der Waals surface area contributed by atoms with E-state index >= 15 is 0 Å². The van der Waals surface area contributed by atoms with Gasteiger partial charge in [0.05, 0.1) is 11.7 Å². The molecule has 0 N–H and O–H groups in total. The van der Waals surface area contributed by atoms with Crippen LogP contribution in [0.25, 0.3) is 11.1 Å². The van der Waals surface area contributed by atoms with Crippen LogP contribution in [0.2, 0.25) is 0 Å². The van der Waals surface area contributed by atoms with Gasteiger partial charge < -0.3 is 9.47 Å². The summed E-state index contributed by atoms with van der Waals surface area (Å²) in [6.07, 6.45) is 13.7. The van der Waals surface area contributed by atoms with Gasteiger partial charge in [-0.2, -0.15) is 0 Å². The van der Waals surface area contributed by atoms with Crippen molar-refractivity contribution >= 4 is 5.97 Å². The maximum Gasteiger partial charge on any atom is 0.338 e. The summed E-state index contributed by atoms with van der Waals surface area (Å²) in [5.41, 5.74) is 5.09. The van der Waals surface area contributed by atoms with Gasteiger partial charge in [-0.3, -0.25) is 0 Å². The van der Waals surface area contributed by atoms with Gasteiger partial charge in [-0.15, -0.1) is 0 Å². The van der Waals surface area contributed by atoms with Crippen molar-refractivity contribution in [1.29, 1.82) is 0 Å². The summed E-state index contributed by atoms with van der Waals surface area (Å²) in [6.45, 7) is 8.54. The Labute approximate surface area is 237 Å². The molecule has 0 spiro atoms. The lowest BCUT2D eigenvalue weighted by Crippen LogP contribution is -2.11. The number of hydrogen-bond donors (Lipinski definition) is 0. The molecule has 3 aromatic carbocycles. The minimum absolute atomic E-state index is 0.220. The highest BCUT2D eigenvalue weighted by Gasteiger charge is 2.14. The number of carbonyl (C=O) groups is 1. The van der Waals surface area contributed by atoms with Gasteiger partial charge in [0.1, 0.15) is 11.9 Å². The Morgan fingerprint density at radius 2 is 1.23 bits per heavy atom. The molecule has 210 valence electrons. The molecule has 2 atom stereocenters. The van der Waals surface area contributed by atoms with Crippen molar-refractivity contribution in [2.45, 2.75) is 111 Å². The van der Waals surface area contributed by atoms with Crippen LogP contribution in [0.5, 0.6) is 5.75 Å². The van der Waals surface area contributed by atoms with Crippen molar-refractivity contribution in [3.05, 3.63) is 89.5 Å². The number of ether oxygens (including phenoxy) is 2. The largest absolute Gasteiger partial charge is 0.491 e. The molecule has 3 nitrogen and oxygen atoms in total. The van der Waals surface area contributed by atoms with Crippen LogP contribution < -0.4 is 4.74 Å². The van der Waals surface area contributed by atoms with E-state index in [2.05, 4.69) is 57.2 Å². The molecule has 0 saturated carbocycles. The molecular formula is C36H48O3. The van der Waals surface area contributed by atoms with E-state index in [9.17, 15) is 4.79 Å². The van der Waals surface area contributed by atoms with E-state index in [1.54, 1.807) is 0 Å². The number of carbonyl (C=O) groups excluding carboxylic acids is 1. The zero-order valence-corrected chi connectivity index (χ0v) is 24.6. The molecule has 39 heavy (non-hydrogen) atoms. The fourth-order valence-electron chi connectivity index (χ4n) is 4.86. The van der Waals surface area contributed by atoms with Crippen LogP contribution in [0.4, 0.5) is 0 Å². The van der Waals surface area contributed by atoms with Crippen LogP contribution in [0, 0.1) is 0 Å². The maximum absolute atomic E-state index is 12.8. The molecule has 0 saturated heterocycles. The topological polar surface area (TPSA) is 35.5 Å². The van der Waals surface area contributed by atoms with Gasteiger partial charge in [0, 0.05) is 0 Å². The third-order valence-corrected chi connectivity index (χ3v) is 7.41. The fraction of sp³-hybridized carbons (Fsp3) is 0.472. The molecule has 0 aromatic heterocycles. The van der Waals surface area contributed by atoms with Crippen LogP contribution in [0.1, 0.15) is 119 Å². The third kappa shape index (κ3) is 10.5. The van der Waals surface area contributed by atoms with Crippen molar-refractivity contribution in [1.82, 2.24) is 0 Å². The molecule has 3 rings (SSSR count). The van der Waals surface area contributed by atoms with E-state index in [0.29, 0.717) is 5.56 Å². The van der Waals surface area contributed by atoms with E-state index < -0.39 is 0 Å². The molecule has 3 aromatic rings. The average molecular weight is 529 g/mol. The monoisotopic (exact) mass is 528 g/mol. The van der Waals surface area contributed by atoms with E-state index in [0.717, 1.165) is 35.3 Å². The molecule has 0 aliphatic rings. The quantitative estimate of drug-likeness (QED) is 0.129. The number of hydrogen-bond acceptors (Lipinski definition) is 3. The minimum Gasteiger partial charge on any atom is -0.491 e. The van der Waals surface area contributed by atoms with Crippen LogP contribution >= 0.6 is 0 Å². The Bertz CT molecular complexity index is 1080. The second kappa shape index (κ2) is 16.8. The molecule has 3 heteroatoms. The molecule has 0 amide bonds. The van der Waals surface area contributed by atoms with Gasteiger partial charge in [0.25, 0.3) is 0 Å². The maximum atomic E-state index is 12.8. The molecular weight excluding hydrogens is 480 g/mol. The van der Waals surface area contributed by atoms with Gasteiger partial charge in [-0.25, -0.2) is 4.79 Å². The summed E-state index contributed by atoms with van der Waals surface area (Å²) in [7, 11) is 0. The normalized spacial score (nSPS) is 12.6. The highest BCUT2D eigenvalue weighted by Crippen LogP contribution is 2.25. The van der Waals surface area contributed by atoms with Crippen LogP contribution in [-0.4, -0.2) is 12.1 Å². The first-order valence-electron chi connectivity index (χ1n) is 15.2. The first kappa shape index (κ1) is 30.5. The Balaban J connectivity index is 1.47.